The van der Waals surface area contributed by atoms with E-state index in [1.165, 1.54) is 7.11 Å². The van der Waals surface area contributed by atoms with Crippen LogP contribution in [0.25, 0.3) is 0 Å². The van der Waals surface area contributed by atoms with E-state index in [0.717, 1.165) is 6.54 Å². The van der Waals surface area contributed by atoms with Gasteiger partial charge in [0.2, 0.25) is 5.89 Å². The van der Waals surface area contributed by atoms with Crippen LogP contribution in [0.5, 0.6) is 0 Å². The Labute approximate surface area is 119 Å². The van der Waals surface area contributed by atoms with Crippen LogP contribution in [0, 0.1) is 11.8 Å². The van der Waals surface area contributed by atoms with Gasteiger partial charge in [-0.05, 0) is 5.92 Å². The minimum atomic E-state index is -0.138. The second kappa shape index (κ2) is 5.52. The molecule has 6 heteroatoms. The van der Waals surface area contributed by atoms with E-state index >= 15 is 0 Å². The average molecular weight is 281 g/mol. The van der Waals surface area contributed by atoms with E-state index in [2.05, 4.69) is 22.0 Å². The molecule has 112 valence electrons. The van der Waals surface area contributed by atoms with E-state index < -0.39 is 0 Å². The molecule has 0 N–H and O–H groups in total. The summed E-state index contributed by atoms with van der Waals surface area (Å²) in [7, 11) is 1.44. The molecular weight excluding hydrogens is 258 g/mol. The van der Waals surface area contributed by atoms with Crippen molar-refractivity contribution in [3.63, 3.8) is 0 Å². The van der Waals surface area contributed by atoms with E-state index in [-0.39, 0.29) is 23.2 Å². The van der Waals surface area contributed by atoms with E-state index in [4.69, 9.17) is 9.26 Å². The van der Waals surface area contributed by atoms with Gasteiger partial charge in [0, 0.05) is 18.5 Å². The fourth-order valence-electron chi connectivity index (χ4n) is 2.47. The highest BCUT2D eigenvalue weighted by molar-refractivity contribution is 5.73. The Balaban J connectivity index is 1.98. The molecule has 0 aliphatic carbocycles. The first kappa shape index (κ1) is 15.0. The zero-order valence-electron chi connectivity index (χ0n) is 12.8. The minimum Gasteiger partial charge on any atom is -0.469 e. The Morgan fingerprint density at radius 2 is 2.15 bits per heavy atom. The molecule has 1 aliphatic rings. The molecule has 20 heavy (non-hydrogen) atoms. The van der Waals surface area contributed by atoms with Gasteiger partial charge < -0.3 is 9.26 Å². The van der Waals surface area contributed by atoms with Gasteiger partial charge in [-0.1, -0.05) is 32.9 Å². The third-order valence-electron chi connectivity index (χ3n) is 3.69. The standard InChI is InChI=1S/C14H23N3O3/c1-9-6-17(7-10(9)12(18)19-5)8-11-15-13(16-20-11)14(2,3)4/h9-10H,6-8H2,1-5H3. The van der Waals surface area contributed by atoms with Gasteiger partial charge in [-0.15, -0.1) is 0 Å². The summed E-state index contributed by atoms with van der Waals surface area (Å²) < 4.78 is 10.1. The van der Waals surface area contributed by atoms with Gasteiger partial charge in [0.15, 0.2) is 5.82 Å². The molecule has 0 amide bonds. The van der Waals surface area contributed by atoms with Crippen LogP contribution >= 0.6 is 0 Å². The Morgan fingerprint density at radius 3 is 2.70 bits per heavy atom. The minimum absolute atomic E-state index is 0.0648. The molecule has 1 saturated heterocycles. The number of hydrogen-bond donors (Lipinski definition) is 0. The molecule has 2 rings (SSSR count). The van der Waals surface area contributed by atoms with Crippen molar-refractivity contribution >= 4 is 5.97 Å². The van der Waals surface area contributed by atoms with Crippen LogP contribution in [0.3, 0.4) is 0 Å². The lowest BCUT2D eigenvalue weighted by Crippen LogP contribution is -2.24. The van der Waals surface area contributed by atoms with E-state index in [1.54, 1.807) is 0 Å². The number of likely N-dealkylation sites (tertiary alicyclic amines) is 1. The van der Waals surface area contributed by atoms with Crippen LogP contribution in [0.1, 0.15) is 39.4 Å². The number of methoxy groups -OCH3 is 1. The van der Waals surface area contributed by atoms with Crippen molar-refractivity contribution < 1.29 is 14.1 Å². The number of ether oxygens (including phenoxy) is 1. The van der Waals surface area contributed by atoms with Crippen molar-refractivity contribution in [3.8, 4) is 0 Å². The number of aromatic nitrogens is 2. The van der Waals surface area contributed by atoms with Gasteiger partial charge >= 0.3 is 5.97 Å². The molecule has 0 aromatic carbocycles. The molecule has 1 aromatic rings. The summed E-state index contributed by atoms with van der Waals surface area (Å²) in [5, 5.41) is 4.01. The topological polar surface area (TPSA) is 68.5 Å². The van der Waals surface area contributed by atoms with Crippen LogP contribution < -0.4 is 0 Å². The van der Waals surface area contributed by atoms with Crippen LogP contribution in [0.4, 0.5) is 0 Å². The normalized spacial score (nSPS) is 24.1. The van der Waals surface area contributed by atoms with Gasteiger partial charge in [0.05, 0.1) is 19.6 Å². The SMILES string of the molecule is COC(=O)C1CN(Cc2nc(C(C)(C)C)no2)CC1C. The van der Waals surface area contributed by atoms with E-state index in [9.17, 15) is 4.79 Å². The van der Waals surface area contributed by atoms with E-state index in [1.807, 2.05) is 20.8 Å². The largest absolute Gasteiger partial charge is 0.469 e. The van der Waals surface area contributed by atoms with Crippen LogP contribution in [-0.2, 0) is 21.5 Å². The molecule has 2 heterocycles. The molecule has 0 bridgehead atoms. The number of carbonyl (C=O) groups excluding carboxylic acids is 1. The van der Waals surface area contributed by atoms with Gasteiger partial charge in [-0.25, -0.2) is 0 Å². The highest BCUT2D eigenvalue weighted by Gasteiger charge is 2.36. The molecular formula is C14H23N3O3. The van der Waals surface area contributed by atoms with Gasteiger partial charge in [0.25, 0.3) is 0 Å². The monoisotopic (exact) mass is 281 g/mol. The summed E-state index contributed by atoms with van der Waals surface area (Å²) in [6.07, 6.45) is 0. The zero-order valence-corrected chi connectivity index (χ0v) is 12.8. The average Bonchev–Trinajstić information content (AvgIpc) is 2.95. The van der Waals surface area contributed by atoms with Gasteiger partial charge in [0.1, 0.15) is 0 Å². The summed E-state index contributed by atoms with van der Waals surface area (Å²) in [5.74, 6) is 1.40. The maximum Gasteiger partial charge on any atom is 0.310 e. The van der Waals surface area contributed by atoms with Gasteiger partial charge in [-0.2, -0.15) is 4.98 Å². The predicted molar refractivity (Wildman–Crippen MR) is 72.9 cm³/mol. The molecule has 2 atom stereocenters. The number of hydrogen-bond acceptors (Lipinski definition) is 6. The van der Waals surface area contributed by atoms with Crippen molar-refractivity contribution in [3.05, 3.63) is 11.7 Å². The third kappa shape index (κ3) is 3.17. The summed E-state index contributed by atoms with van der Waals surface area (Å²) in [4.78, 5) is 18.2. The third-order valence-corrected chi connectivity index (χ3v) is 3.69. The molecule has 2 unspecified atom stereocenters. The van der Waals surface area contributed by atoms with Crippen molar-refractivity contribution in [2.45, 2.75) is 39.7 Å². The van der Waals surface area contributed by atoms with Crippen molar-refractivity contribution in [2.24, 2.45) is 11.8 Å². The van der Waals surface area contributed by atoms with E-state index in [0.29, 0.717) is 24.8 Å². The highest BCUT2D eigenvalue weighted by Crippen LogP contribution is 2.26. The molecule has 0 spiro atoms. The first-order valence-corrected chi connectivity index (χ1v) is 6.94. The van der Waals surface area contributed by atoms with Crippen molar-refractivity contribution in [1.29, 1.82) is 0 Å². The first-order valence-electron chi connectivity index (χ1n) is 6.94. The number of nitrogens with zero attached hydrogens (tertiary/aromatic N) is 3. The quantitative estimate of drug-likeness (QED) is 0.784. The molecule has 1 aromatic heterocycles. The maximum absolute atomic E-state index is 11.7. The number of carbonyl (C=O) groups is 1. The van der Waals surface area contributed by atoms with Crippen LogP contribution in [-0.4, -0.2) is 41.2 Å². The number of esters is 1. The van der Waals surface area contributed by atoms with Gasteiger partial charge in [-0.3, -0.25) is 9.69 Å². The van der Waals surface area contributed by atoms with Crippen LogP contribution in [0.15, 0.2) is 4.52 Å². The second-order valence-electron chi connectivity index (χ2n) is 6.56. The molecule has 1 fully saturated rings. The predicted octanol–water partition coefficient (Wildman–Crippen LogP) is 1.61. The highest BCUT2D eigenvalue weighted by atomic mass is 16.5. The molecule has 0 saturated carbocycles. The lowest BCUT2D eigenvalue weighted by Gasteiger charge is -2.13. The smallest absolute Gasteiger partial charge is 0.310 e. The molecule has 0 radical (unpaired) electrons. The molecule has 6 nitrogen and oxygen atoms in total. The Morgan fingerprint density at radius 1 is 1.45 bits per heavy atom. The van der Waals surface area contributed by atoms with Crippen LogP contribution in [0.2, 0.25) is 0 Å². The van der Waals surface area contributed by atoms with Crippen molar-refractivity contribution in [1.82, 2.24) is 15.0 Å². The lowest BCUT2D eigenvalue weighted by molar-refractivity contribution is -0.146. The van der Waals surface area contributed by atoms with Crippen molar-refractivity contribution in [2.75, 3.05) is 20.2 Å². The summed E-state index contributed by atoms with van der Waals surface area (Å²) in [6.45, 7) is 10.3. The molecule has 1 aliphatic heterocycles. The lowest BCUT2D eigenvalue weighted by atomic mass is 9.96. The zero-order chi connectivity index (χ0) is 14.9. The fraction of sp³-hybridized carbons (Fsp3) is 0.786. The Hall–Kier alpha value is -1.43. The second-order valence-corrected chi connectivity index (χ2v) is 6.56. The number of rotatable bonds is 3. The fourth-order valence-corrected chi connectivity index (χ4v) is 2.47. The Bertz CT molecular complexity index is 478. The summed E-state index contributed by atoms with van der Waals surface area (Å²) >= 11 is 0. The maximum atomic E-state index is 11.7. The Kier molecular flexibility index (Phi) is 4.13. The first-order chi connectivity index (χ1) is 9.31. The summed E-state index contributed by atoms with van der Waals surface area (Å²) in [6, 6.07) is 0. The summed E-state index contributed by atoms with van der Waals surface area (Å²) in [5.41, 5.74) is -0.116.